The summed E-state index contributed by atoms with van der Waals surface area (Å²) in [5, 5.41) is 8.77. The molecule has 1 aromatic rings. The molecule has 0 fully saturated rings. The number of nitrogens with zero attached hydrogens (tertiary/aromatic N) is 1. The van der Waals surface area contributed by atoms with Crippen molar-refractivity contribution in [3.63, 3.8) is 0 Å². The Bertz CT molecular complexity index is 409. The molecule has 0 heterocycles. The van der Waals surface area contributed by atoms with E-state index in [0.29, 0.717) is 18.5 Å². The first-order chi connectivity index (χ1) is 9.52. The van der Waals surface area contributed by atoms with Crippen molar-refractivity contribution in [2.24, 2.45) is 0 Å². The number of Topliss-reactive ketones (excluding diaryl/α,β-unsaturated/α-hetero) is 1. The Labute approximate surface area is 116 Å². The fraction of sp³-hybridized carbons (Fsp3) is 0.500. The largest absolute Gasteiger partial charge is 0.395 e. The molecule has 0 saturated carbocycles. The van der Waals surface area contributed by atoms with Gasteiger partial charge in [0, 0.05) is 18.5 Å². The van der Waals surface area contributed by atoms with Gasteiger partial charge in [-0.2, -0.15) is 0 Å². The standard InChI is InChI=1S/C14H18F3NO2/c15-12-5-3-11(4-6-12)13(20)2-1-7-18(8-9-19)10-14(16)17/h3-6,14,19H,1-2,7-10H2. The Balaban J connectivity index is 2.37. The van der Waals surface area contributed by atoms with Crippen molar-refractivity contribution < 1.29 is 23.1 Å². The van der Waals surface area contributed by atoms with Crippen LogP contribution in [0, 0.1) is 5.82 Å². The molecule has 0 aromatic heterocycles. The second-order valence-corrected chi connectivity index (χ2v) is 4.45. The van der Waals surface area contributed by atoms with Crippen molar-refractivity contribution in [3.05, 3.63) is 35.6 Å². The molecule has 1 aromatic carbocycles. The van der Waals surface area contributed by atoms with Gasteiger partial charge in [-0.15, -0.1) is 0 Å². The predicted molar refractivity (Wildman–Crippen MR) is 69.5 cm³/mol. The normalized spacial score (nSPS) is 11.3. The van der Waals surface area contributed by atoms with Crippen LogP contribution in [0.25, 0.3) is 0 Å². The highest BCUT2D eigenvalue weighted by molar-refractivity contribution is 5.95. The molecule has 0 atom stereocenters. The number of rotatable bonds is 9. The Morgan fingerprint density at radius 2 is 1.85 bits per heavy atom. The van der Waals surface area contributed by atoms with E-state index in [1.54, 1.807) is 0 Å². The van der Waals surface area contributed by atoms with Gasteiger partial charge in [-0.25, -0.2) is 13.2 Å². The second-order valence-electron chi connectivity index (χ2n) is 4.45. The van der Waals surface area contributed by atoms with Gasteiger partial charge < -0.3 is 5.11 Å². The molecule has 0 aliphatic heterocycles. The summed E-state index contributed by atoms with van der Waals surface area (Å²) in [5.74, 6) is -0.557. The van der Waals surface area contributed by atoms with Gasteiger partial charge in [-0.05, 0) is 37.2 Å². The van der Waals surface area contributed by atoms with E-state index in [-0.39, 0.29) is 25.4 Å². The molecule has 6 heteroatoms. The molecule has 3 nitrogen and oxygen atoms in total. The van der Waals surface area contributed by atoms with Crippen LogP contribution in [0.5, 0.6) is 0 Å². The Hall–Kier alpha value is -1.40. The van der Waals surface area contributed by atoms with Gasteiger partial charge >= 0.3 is 0 Å². The van der Waals surface area contributed by atoms with Crippen molar-refractivity contribution in [1.29, 1.82) is 0 Å². The molecular weight excluding hydrogens is 271 g/mol. The minimum Gasteiger partial charge on any atom is -0.395 e. The van der Waals surface area contributed by atoms with Gasteiger partial charge in [0.25, 0.3) is 6.43 Å². The lowest BCUT2D eigenvalue weighted by molar-refractivity contribution is 0.0765. The SMILES string of the molecule is O=C(CCCN(CCO)CC(F)F)c1ccc(F)cc1. The zero-order valence-electron chi connectivity index (χ0n) is 11.1. The van der Waals surface area contributed by atoms with E-state index < -0.39 is 18.8 Å². The number of alkyl halides is 2. The molecule has 0 aliphatic rings. The van der Waals surface area contributed by atoms with Crippen LogP contribution in [-0.4, -0.2) is 48.5 Å². The lowest BCUT2D eigenvalue weighted by Gasteiger charge is -2.20. The lowest BCUT2D eigenvalue weighted by atomic mass is 10.1. The van der Waals surface area contributed by atoms with Gasteiger partial charge in [0.1, 0.15) is 5.82 Å². The summed E-state index contributed by atoms with van der Waals surface area (Å²) in [4.78, 5) is 13.2. The summed E-state index contributed by atoms with van der Waals surface area (Å²) >= 11 is 0. The monoisotopic (exact) mass is 289 g/mol. The van der Waals surface area contributed by atoms with Crippen LogP contribution in [0.4, 0.5) is 13.2 Å². The quantitative estimate of drug-likeness (QED) is 0.709. The highest BCUT2D eigenvalue weighted by Crippen LogP contribution is 2.08. The third-order valence-corrected chi connectivity index (χ3v) is 2.86. The fourth-order valence-corrected chi connectivity index (χ4v) is 1.87. The smallest absolute Gasteiger partial charge is 0.251 e. The van der Waals surface area contributed by atoms with Crippen LogP contribution < -0.4 is 0 Å². The number of ketones is 1. The summed E-state index contributed by atoms with van der Waals surface area (Å²) in [6.07, 6.45) is -1.84. The molecule has 112 valence electrons. The summed E-state index contributed by atoms with van der Waals surface area (Å²) < 4.78 is 37.2. The van der Waals surface area contributed by atoms with Crippen molar-refractivity contribution in [2.45, 2.75) is 19.3 Å². The van der Waals surface area contributed by atoms with E-state index >= 15 is 0 Å². The summed E-state index contributed by atoms with van der Waals surface area (Å²) in [7, 11) is 0. The number of hydrogen-bond acceptors (Lipinski definition) is 3. The molecule has 0 amide bonds. The third kappa shape index (κ3) is 6.16. The molecule has 0 saturated heterocycles. The molecule has 0 aliphatic carbocycles. The zero-order valence-corrected chi connectivity index (χ0v) is 11.1. The first-order valence-electron chi connectivity index (χ1n) is 6.43. The van der Waals surface area contributed by atoms with Crippen LogP contribution >= 0.6 is 0 Å². The van der Waals surface area contributed by atoms with Gasteiger partial charge in [0.05, 0.1) is 13.2 Å². The van der Waals surface area contributed by atoms with Crippen molar-refractivity contribution in [2.75, 3.05) is 26.2 Å². The molecule has 1 rings (SSSR count). The minimum atomic E-state index is -2.46. The first-order valence-corrected chi connectivity index (χ1v) is 6.43. The number of carbonyl (C=O) groups is 1. The van der Waals surface area contributed by atoms with E-state index in [4.69, 9.17) is 5.11 Å². The van der Waals surface area contributed by atoms with E-state index in [1.807, 2.05) is 0 Å². The van der Waals surface area contributed by atoms with Gasteiger partial charge in [0.2, 0.25) is 0 Å². The number of hydrogen-bond donors (Lipinski definition) is 1. The van der Waals surface area contributed by atoms with Crippen LogP contribution in [0.2, 0.25) is 0 Å². The van der Waals surface area contributed by atoms with Gasteiger partial charge in [0.15, 0.2) is 5.78 Å². The number of aliphatic hydroxyl groups is 1. The number of carbonyl (C=O) groups excluding carboxylic acids is 1. The lowest BCUT2D eigenvalue weighted by Crippen LogP contribution is -2.32. The van der Waals surface area contributed by atoms with Gasteiger partial charge in [-0.3, -0.25) is 9.69 Å². The van der Waals surface area contributed by atoms with Crippen LogP contribution in [0.15, 0.2) is 24.3 Å². The van der Waals surface area contributed by atoms with Crippen molar-refractivity contribution >= 4 is 5.78 Å². The minimum absolute atomic E-state index is 0.147. The molecule has 20 heavy (non-hydrogen) atoms. The maximum Gasteiger partial charge on any atom is 0.251 e. The first kappa shape index (κ1) is 16.7. The molecular formula is C14H18F3NO2. The highest BCUT2D eigenvalue weighted by atomic mass is 19.3. The van der Waals surface area contributed by atoms with Crippen LogP contribution in [0.1, 0.15) is 23.2 Å². The van der Waals surface area contributed by atoms with E-state index in [9.17, 15) is 18.0 Å². The molecule has 0 radical (unpaired) electrons. The highest BCUT2D eigenvalue weighted by Gasteiger charge is 2.12. The van der Waals surface area contributed by atoms with Crippen LogP contribution in [0.3, 0.4) is 0 Å². The third-order valence-electron chi connectivity index (χ3n) is 2.86. The molecule has 1 N–H and O–H groups in total. The Morgan fingerprint density at radius 1 is 1.20 bits per heavy atom. The average Bonchev–Trinajstić information content (AvgIpc) is 2.39. The Morgan fingerprint density at radius 3 is 2.40 bits per heavy atom. The Kier molecular flexibility index (Phi) is 7.25. The summed E-state index contributed by atoms with van der Waals surface area (Å²) in [6.45, 7) is -0.128. The van der Waals surface area contributed by atoms with E-state index in [2.05, 4.69) is 0 Å². The average molecular weight is 289 g/mol. The zero-order chi connectivity index (χ0) is 15.0. The van der Waals surface area contributed by atoms with Crippen LogP contribution in [-0.2, 0) is 0 Å². The second kappa shape index (κ2) is 8.71. The van der Waals surface area contributed by atoms with Crippen molar-refractivity contribution in [3.8, 4) is 0 Å². The summed E-state index contributed by atoms with van der Waals surface area (Å²) in [5.41, 5.74) is 0.411. The maximum atomic E-state index is 12.7. The van der Waals surface area contributed by atoms with E-state index in [0.717, 1.165) is 0 Å². The maximum absolute atomic E-state index is 12.7. The molecule has 0 unspecified atom stereocenters. The summed E-state index contributed by atoms with van der Waals surface area (Å²) in [6, 6.07) is 5.23. The number of aliphatic hydroxyl groups excluding tert-OH is 1. The van der Waals surface area contributed by atoms with E-state index in [1.165, 1.54) is 29.2 Å². The molecule has 0 spiro atoms. The van der Waals surface area contributed by atoms with Gasteiger partial charge in [-0.1, -0.05) is 0 Å². The number of halogens is 3. The molecule has 0 bridgehead atoms. The number of benzene rings is 1. The van der Waals surface area contributed by atoms with Crippen molar-refractivity contribution in [1.82, 2.24) is 4.90 Å². The fourth-order valence-electron chi connectivity index (χ4n) is 1.87. The predicted octanol–water partition coefficient (Wildman–Crippen LogP) is 2.35. The topological polar surface area (TPSA) is 40.5 Å².